The summed E-state index contributed by atoms with van der Waals surface area (Å²) in [4.78, 5) is 12.1. The summed E-state index contributed by atoms with van der Waals surface area (Å²) in [5.41, 5.74) is 8.56. The van der Waals surface area contributed by atoms with Gasteiger partial charge >= 0.3 is 0 Å². The molecule has 2 aromatic carbocycles. The van der Waals surface area contributed by atoms with Crippen molar-refractivity contribution in [3.63, 3.8) is 0 Å². The van der Waals surface area contributed by atoms with Gasteiger partial charge in [0.2, 0.25) is 0 Å². The molecule has 4 heteroatoms. The Morgan fingerprint density at radius 1 is 1.15 bits per heavy atom. The highest BCUT2D eigenvalue weighted by Gasteiger charge is 2.08. The van der Waals surface area contributed by atoms with Crippen molar-refractivity contribution in [3.8, 4) is 0 Å². The molecule has 2 rings (SSSR count). The van der Waals surface area contributed by atoms with Crippen LogP contribution >= 0.6 is 11.6 Å². The van der Waals surface area contributed by atoms with Gasteiger partial charge in [0, 0.05) is 11.3 Å². The van der Waals surface area contributed by atoms with Crippen LogP contribution in [0.3, 0.4) is 0 Å². The highest BCUT2D eigenvalue weighted by Crippen LogP contribution is 2.21. The summed E-state index contributed by atoms with van der Waals surface area (Å²) in [6.07, 6.45) is 0. The predicted octanol–water partition coefficient (Wildman–Crippen LogP) is 4.30. The van der Waals surface area contributed by atoms with Crippen LogP contribution in [0, 0.1) is 0 Å². The van der Waals surface area contributed by atoms with Gasteiger partial charge in [-0.25, -0.2) is 0 Å². The molecule has 0 aliphatic heterocycles. The van der Waals surface area contributed by atoms with Crippen LogP contribution in [0.25, 0.3) is 0 Å². The van der Waals surface area contributed by atoms with Gasteiger partial charge in [-0.1, -0.05) is 37.6 Å². The van der Waals surface area contributed by atoms with Gasteiger partial charge in [-0.3, -0.25) is 4.79 Å². The van der Waals surface area contributed by atoms with Gasteiger partial charge in [0.25, 0.3) is 5.91 Å². The number of carbonyl (C=O) groups is 1. The van der Waals surface area contributed by atoms with E-state index in [1.54, 1.807) is 18.2 Å². The fourth-order valence-electron chi connectivity index (χ4n) is 1.82. The topological polar surface area (TPSA) is 55.1 Å². The highest BCUT2D eigenvalue weighted by atomic mass is 35.5. The van der Waals surface area contributed by atoms with E-state index in [1.807, 2.05) is 24.3 Å². The lowest BCUT2D eigenvalue weighted by Gasteiger charge is -2.09. The van der Waals surface area contributed by atoms with Crippen LogP contribution in [0.2, 0.25) is 5.02 Å². The third-order valence-corrected chi connectivity index (χ3v) is 3.43. The minimum absolute atomic E-state index is 0.204. The second-order valence-corrected chi connectivity index (χ2v) is 5.37. The normalized spacial score (nSPS) is 10.6. The lowest BCUT2D eigenvalue weighted by Crippen LogP contribution is -2.12. The van der Waals surface area contributed by atoms with Crippen molar-refractivity contribution in [1.29, 1.82) is 0 Å². The Morgan fingerprint density at radius 3 is 2.35 bits per heavy atom. The zero-order valence-corrected chi connectivity index (χ0v) is 12.2. The van der Waals surface area contributed by atoms with Crippen molar-refractivity contribution in [3.05, 3.63) is 58.6 Å². The Bertz CT molecular complexity index is 621. The minimum Gasteiger partial charge on any atom is -0.398 e. The van der Waals surface area contributed by atoms with Crippen molar-refractivity contribution >= 4 is 28.9 Å². The number of nitrogen functional groups attached to an aromatic ring is 1. The number of hydrogen-bond acceptors (Lipinski definition) is 2. The molecule has 0 saturated carbocycles. The summed E-state index contributed by atoms with van der Waals surface area (Å²) in [5, 5.41) is 3.21. The van der Waals surface area contributed by atoms with Gasteiger partial charge in [0.15, 0.2) is 0 Å². The number of amides is 1. The fraction of sp³-hybridized carbons (Fsp3) is 0.188. The van der Waals surface area contributed by atoms with Gasteiger partial charge in [-0.15, -0.1) is 0 Å². The van der Waals surface area contributed by atoms with E-state index in [9.17, 15) is 4.79 Å². The summed E-state index contributed by atoms with van der Waals surface area (Å²) < 4.78 is 0. The molecular formula is C16H17ClN2O. The second-order valence-electron chi connectivity index (χ2n) is 4.97. The summed E-state index contributed by atoms with van der Waals surface area (Å²) in [7, 11) is 0. The maximum Gasteiger partial charge on any atom is 0.255 e. The average Bonchev–Trinajstić information content (AvgIpc) is 2.42. The van der Waals surface area contributed by atoms with E-state index in [0.29, 0.717) is 22.2 Å². The fourth-order valence-corrected chi connectivity index (χ4v) is 2.00. The quantitative estimate of drug-likeness (QED) is 0.828. The molecule has 0 aliphatic rings. The SMILES string of the molecule is CC(C)c1ccc(NC(=O)c2ccc(N)c(Cl)c2)cc1. The van der Waals surface area contributed by atoms with Gasteiger partial charge < -0.3 is 11.1 Å². The third-order valence-electron chi connectivity index (χ3n) is 3.10. The number of nitrogens with one attached hydrogen (secondary N) is 1. The van der Waals surface area contributed by atoms with Crippen molar-refractivity contribution in [1.82, 2.24) is 0 Å². The lowest BCUT2D eigenvalue weighted by atomic mass is 10.0. The molecule has 3 nitrogen and oxygen atoms in total. The molecule has 0 aromatic heterocycles. The maximum atomic E-state index is 12.1. The Hall–Kier alpha value is -2.00. The van der Waals surface area contributed by atoms with E-state index >= 15 is 0 Å². The second kappa shape index (κ2) is 5.97. The highest BCUT2D eigenvalue weighted by molar-refractivity contribution is 6.33. The van der Waals surface area contributed by atoms with Crippen LogP contribution in [0.15, 0.2) is 42.5 Å². The molecule has 0 bridgehead atoms. The van der Waals surface area contributed by atoms with E-state index in [0.717, 1.165) is 5.69 Å². The largest absolute Gasteiger partial charge is 0.398 e. The lowest BCUT2D eigenvalue weighted by molar-refractivity contribution is 0.102. The molecule has 1 amide bonds. The van der Waals surface area contributed by atoms with Gasteiger partial charge in [0.05, 0.1) is 10.7 Å². The van der Waals surface area contributed by atoms with Crippen molar-refractivity contribution < 1.29 is 4.79 Å². The molecule has 0 heterocycles. The Balaban J connectivity index is 2.12. The Labute approximate surface area is 123 Å². The number of benzene rings is 2. The molecule has 3 N–H and O–H groups in total. The standard InChI is InChI=1S/C16H17ClN2O/c1-10(2)11-3-6-13(7-4-11)19-16(20)12-5-8-15(18)14(17)9-12/h3-10H,18H2,1-2H3,(H,19,20). The first-order valence-electron chi connectivity index (χ1n) is 6.43. The van der Waals surface area contributed by atoms with Gasteiger partial charge in [-0.2, -0.15) is 0 Å². The van der Waals surface area contributed by atoms with Crippen LogP contribution in [0.5, 0.6) is 0 Å². The number of nitrogens with two attached hydrogens (primary N) is 1. The molecule has 0 aliphatic carbocycles. The van der Waals surface area contributed by atoms with E-state index < -0.39 is 0 Å². The molecular weight excluding hydrogens is 272 g/mol. The monoisotopic (exact) mass is 288 g/mol. The number of anilines is 2. The molecule has 0 atom stereocenters. The number of carbonyl (C=O) groups excluding carboxylic acids is 1. The van der Waals surface area contributed by atoms with Crippen molar-refractivity contribution in [2.24, 2.45) is 0 Å². The van der Waals surface area contributed by atoms with E-state index in [-0.39, 0.29) is 5.91 Å². The maximum absolute atomic E-state index is 12.1. The molecule has 0 spiro atoms. The number of halogens is 1. The van der Waals surface area contributed by atoms with Crippen LogP contribution in [0.1, 0.15) is 35.7 Å². The van der Waals surface area contributed by atoms with Crippen molar-refractivity contribution in [2.75, 3.05) is 11.1 Å². The van der Waals surface area contributed by atoms with E-state index in [2.05, 4.69) is 19.2 Å². The first kappa shape index (κ1) is 14.4. The zero-order valence-electron chi connectivity index (χ0n) is 11.5. The molecule has 0 unspecified atom stereocenters. The first-order chi connectivity index (χ1) is 9.47. The van der Waals surface area contributed by atoms with Crippen LogP contribution in [-0.2, 0) is 0 Å². The molecule has 2 aromatic rings. The third kappa shape index (κ3) is 3.31. The van der Waals surface area contributed by atoms with Crippen LogP contribution in [-0.4, -0.2) is 5.91 Å². The summed E-state index contributed by atoms with van der Waals surface area (Å²) >= 11 is 5.91. The van der Waals surface area contributed by atoms with Crippen LogP contribution in [0.4, 0.5) is 11.4 Å². The van der Waals surface area contributed by atoms with E-state index in [1.165, 1.54) is 5.56 Å². The molecule has 0 saturated heterocycles. The summed E-state index contributed by atoms with van der Waals surface area (Å²) in [5.74, 6) is 0.264. The molecule has 0 fully saturated rings. The Morgan fingerprint density at radius 2 is 1.80 bits per heavy atom. The predicted molar refractivity (Wildman–Crippen MR) is 84.3 cm³/mol. The summed E-state index contributed by atoms with van der Waals surface area (Å²) in [6.45, 7) is 4.26. The molecule has 104 valence electrons. The Kier molecular flexibility index (Phi) is 4.30. The number of rotatable bonds is 3. The summed E-state index contributed by atoms with van der Waals surface area (Å²) in [6, 6.07) is 12.7. The average molecular weight is 289 g/mol. The molecule has 0 radical (unpaired) electrons. The van der Waals surface area contributed by atoms with Gasteiger partial charge in [-0.05, 0) is 41.8 Å². The van der Waals surface area contributed by atoms with Crippen LogP contribution < -0.4 is 11.1 Å². The smallest absolute Gasteiger partial charge is 0.255 e. The number of hydrogen-bond donors (Lipinski definition) is 2. The van der Waals surface area contributed by atoms with E-state index in [4.69, 9.17) is 17.3 Å². The minimum atomic E-state index is -0.204. The zero-order chi connectivity index (χ0) is 14.7. The molecule has 20 heavy (non-hydrogen) atoms. The van der Waals surface area contributed by atoms with Gasteiger partial charge in [0.1, 0.15) is 0 Å². The van der Waals surface area contributed by atoms with Crippen molar-refractivity contribution in [2.45, 2.75) is 19.8 Å². The first-order valence-corrected chi connectivity index (χ1v) is 6.81.